The van der Waals surface area contributed by atoms with E-state index in [2.05, 4.69) is 9.47 Å². The van der Waals surface area contributed by atoms with E-state index in [1.807, 2.05) is 0 Å². The third kappa shape index (κ3) is 2.06. The summed E-state index contributed by atoms with van der Waals surface area (Å²) in [5.74, 6) is -4.88. The predicted molar refractivity (Wildman–Crippen MR) is 55.3 cm³/mol. The number of fused-ring (bicyclic) bond motifs is 2. The largest absolute Gasteiger partial charge is 0.403 e. The van der Waals surface area contributed by atoms with E-state index in [0.29, 0.717) is 0 Å². The molecule has 1 atom stereocenters. The molecule has 7 heteroatoms. The minimum absolute atomic E-state index is 0.0210. The summed E-state index contributed by atoms with van der Waals surface area (Å²) in [6.07, 6.45) is -1.96. The molecule has 0 aromatic heterocycles. The fraction of sp³-hybridized carbons (Fsp3) is 0.273. The van der Waals surface area contributed by atoms with Crippen molar-refractivity contribution in [2.75, 3.05) is 6.61 Å². The predicted octanol–water partition coefficient (Wildman–Crippen LogP) is -0.987. The van der Waals surface area contributed by atoms with Gasteiger partial charge < -0.3 is 24.8 Å². The second kappa shape index (κ2) is 4.37. The summed E-state index contributed by atoms with van der Waals surface area (Å²) in [7, 11) is 0. The summed E-state index contributed by atoms with van der Waals surface area (Å²) in [5.41, 5.74) is 0.0421. The average Bonchev–Trinajstić information content (AvgIpc) is 2.36. The number of carbonyl (C=O) groups excluding carboxylic acids is 2. The van der Waals surface area contributed by atoms with Crippen LogP contribution in [-0.4, -0.2) is 45.9 Å². The number of carbonyl (C=O) groups is 2. The van der Waals surface area contributed by atoms with Gasteiger partial charge in [0, 0.05) is 0 Å². The maximum absolute atomic E-state index is 11.6. The van der Waals surface area contributed by atoms with Gasteiger partial charge in [-0.25, -0.2) is 9.59 Å². The Labute approximate surface area is 101 Å². The maximum atomic E-state index is 11.6. The Morgan fingerprint density at radius 2 is 1.67 bits per heavy atom. The topological polar surface area (TPSA) is 113 Å². The number of hydrogen-bond donors (Lipinski definition) is 3. The van der Waals surface area contributed by atoms with Crippen LogP contribution < -0.4 is 0 Å². The quantitative estimate of drug-likeness (QED) is 0.581. The molecule has 1 aliphatic heterocycles. The van der Waals surface area contributed by atoms with E-state index in [9.17, 15) is 19.8 Å². The van der Waals surface area contributed by atoms with E-state index < -0.39 is 30.6 Å². The number of ether oxygens (including phenoxy) is 2. The SMILES string of the molecule is O=C1OC(O)(C(O)CO)OC(=O)c2cccc1c2. The Kier molecular flexibility index (Phi) is 3.04. The van der Waals surface area contributed by atoms with Crippen LogP contribution in [0.25, 0.3) is 0 Å². The van der Waals surface area contributed by atoms with Crippen LogP contribution in [-0.2, 0) is 9.47 Å². The summed E-state index contributed by atoms with van der Waals surface area (Å²) in [6, 6.07) is 5.42. The molecule has 1 aromatic carbocycles. The summed E-state index contributed by atoms with van der Waals surface area (Å²) in [5, 5.41) is 27.9. The number of hydrogen-bond acceptors (Lipinski definition) is 7. The highest BCUT2D eigenvalue weighted by molar-refractivity contribution is 5.96. The first-order valence-corrected chi connectivity index (χ1v) is 5.04. The van der Waals surface area contributed by atoms with Crippen molar-refractivity contribution in [2.45, 2.75) is 12.1 Å². The fourth-order valence-electron chi connectivity index (χ4n) is 1.43. The van der Waals surface area contributed by atoms with Crippen LogP contribution in [0.1, 0.15) is 20.7 Å². The van der Waals surface area contributed by atoms with E-state index >= 15 is 0 Å². The van der Waals surface area contributed by atoms with Crippen molar-refractivity contribution in [3.05, 3.63) is 35.4 Å². The lowest BCUT2D eigenvalue weighted by molar-refractivity contribution is -0.349. The van der Waals surface area contributed by atoms with Gasteiger partial charge in [0.15, 0.2) is 6.10 Å². The fourth-order valence-corrected chi connectivity index (χ4v) is 1.43. The van der Waals surface area contributed by atoms with Gasteiger partial charge >= 0.3 is 17.9 Å². The van der Waals surface area contributed by atoms with Crippen molar-refractivity contribution in [3.63, 3.8) is 0 Å². The number of aliphatic hydroxyl groups excluding tert-OH is 2. The standard InChI is InChI=1S/C11H10O7/c12-5-8(13)11(16)17-9(14)6-2-1-3-7(4-6)10(15)18-11/h1-4,8,12-13,16H,5H2. The highest BCUT2D eigenvalue weighted by Crippen LogP contribution is 2.23. The van der Waals surface area contributed by atoms with Crippen molar-refractivity contribution in [3.8, 4) is 0 Å². The van der Waals surface area contributed by atoms with Gasteiger partial charge in [-0.1, -0.05) is 6.07 Å². The zero-order chi connectivity index (χ0) is 13.3. The van der Waals surface area contributed by atoms with Crippen molar-refractivity contribution in [1.82, 2.24) is 0 Å². The van der Waals surface area contributed by atoms with E-state index in [1.54, 1.807) is 0 Å². The van der Waals surface area contributed by atoms with Crippen molar-refractivity contribution in [1.29, 1.82) is 0 Å². The number of aliphatic hydroxyl groups is 3. The Bertz CT molecular complexity index is 463. The number of cyclic esters (lactones) is 2. The molecule has 1 aromatic rings. The molecule has 7 nitrogen and oxygen atoms in total. The molecule has 1 aliphatic rings. The van der Waals surface area contributed by atoms with Gasteiger partial charge in [0.2, 0.25) is 0 Å². The zero-order valence-corrected chi connectivity index (χ0v) is 9.07. The molecule has 3 N–H and O–H groups in total. The molecule has 0 aliphatic carbocycles. The molecule has 0 radical (unpaired) electrons. The molecule has 0 fully saturated rings. The van der Waals surface area contributed by atoms with Crippen LogP contribution >= 0.6 is 0 Å². The van der Waals surface area contributed by atoms with Gasteiger partial charge in [-0.3, -0.25) is 0 Å². The van der Waals surface area contributed by atoms with Crippen LogP contribution in [0.5, 0.6) is 0 Å². The molecule has 0 saturated carbocycles. The van der Waals surface area contributed by atoms with Gasteiger partial charge in [-0.15, -0.1) is 0 Å². The average molecular weight is 254 g/mol. The van der Waals surface area contributed by atoms with Crippen molar-refractivity contribution >= 4 is 11.9 Å². The third-order valence-corrected chi connectivity index (χ3v) is 2.41. The molecule has 0 spiro atoms. The monoisotopic (exact) mass is 254 g/mol. The molecule has 0 amide bonds. The highest BCUT2D eigenvalue weighted by Gasteiger charge is 2.46. The van der Waals surface area contributed by atoms with E-state index in [-0.39, 0.29) is 11.1 Å². The van der Waals surface area contributed by atoms with Gasteiger partial charge in [0.25, 0.3) is 0 Å². The Balaban J connectivity index is 2.44. The smallest absolute Gasteiger partial charge is 0.393 e. The molecular formula is C11H10O7. The Morgan fingerprint density at radius 1 is 1.17 bits per heavy atom. The maximum Gasteiger partial charge on any atom is 0.403 e. The van der Waals surface area contributed by atoms with Crippen LogP contribution in [0.15, 0.2) is 24.3 Å². The van der Waals surface area contributed by atoms with E-state index in [4.69, 9.17) is 5.11 Å². The molecule has 96 valence electrons. The highest BCUT2D eigenvalue weighted by atomic mass is 16.8. The molecular weight excluding hydrogens is 244 g/mol. The van der Waals surface area contributed by atoms with Crippen LogP contribution in [0.2, 0.25) is 0 Å². The van der Waals surface area contributed by atoms with Crippen LogP contribution in [0.4, 0.5) is 0 Å². The molecule has 0 saturated heterocycles. The first kappa shape index (κ1) is 12.5. The lowest BCUT2D eigenvalue weighted by Gasteiger charge is -2.31. The van der Waals surface area contributed by atoms with Gasteiger partial charge in [0.05, 0.1) is 17.7 Å². The zero-order valence-electron chi connectivity index (χ0n) is 9.07. The second-order valence-corrected chi connectivity index (χ2v) is 3.69. The molecule has 1 heterocycles. The summed E-state index contributed by atoms with van der Waals surface area (Å²) >= 11 is 0. The Morgan fingerprint density at radius 3 is 2.11 bits per heavy atom. The minimum atomic E-state index is -2.91. The minimum Gasteiger partial charge on any atom is -0.393 e. The lowest BCUT2D eigenvalue weighted by Crippen LogP contribution is -2.52. The summed E-state index contributed by atoms with van der Waals surface area (Å²) in [4.78, 5) is 23.2. The first-order valence-electron chi connectivity index (χ1n) is 5.04. The number of esters is 2. The Hall–Kier alpha value is -1.96. The third-order valence-electron chi connectivity index (χ3n) is 2.41. The number of rotatable bonds is 2. The van der Waals surface area contributed by atoms with Gasteiger partial charge in [-0.2, -0.15) is 0 Å². The molecule has 2 bridgehead atoms. The lowest BCUT2D eigenvalue weighted by atomic mass is 10.1. The van der Waals surface area contributed by atoms with Crippen molar-refractivity contribution < 1.29 is 34.4 Å². The van der Waals surface area contributed by atoms with Gasteiger partial charge in [-0.05, 0) is 18.2 Å². The molecule has 18 heavy (non-hydrogen) atoms. The summed E-state index contributed by atoms with van der Waals surface area (Å²) in [6.45, 7) is -0.953. The van der Waals surface area contributed by atoms with E-state index in [1.165, 1.54) is 24.3 Å². The van der Waals surface area contributed by atoms with Crippen LogP contribution in [0.3, 0.4) is 0 Å². The number of benzene rings is 1. The van der Waals surface area contributed by atoms with Crippen molar-refractivity contribution in [2.24, 2.45) is 0 Å². The second-order valence-electron chi connectivity index (χ2n) is 3.69. The molecule has 1 unspecified atom stereocenters. The van der Waals surface area contributed by atoms with E-state index in [0.717, 1.165) is 0 Å². The summed E-state index contributed by atoms with van der Waals surface area (Å²) < 4.78 is 9.01. The normalized spacial score (nSPS) is 19.3. The molecule has 2 rings (SSSR count). The first-order chi connectivity index (χ1) is 8.46. The van der Waals surface area contributed by atoms with Gasteiger partial charge in [0.1, 0.15) is 0 Å². The van der Waals surface area contributed by atoms with Crippen LogP contribution in [0, 0.1) is 0 Å².